The summed E-state index contributed by atoms with van der Waals surface area (Å²) in [6.07, 6.45) is -0.856. The molecule has 0 heterocycles. The van der Waals surface area contributed by atoms with Crippen LogP contribution in [-0.4, -0.2) is 23.5 Å². The Hall–Kier alpha value is -2.66. The molecule has 2 amide bonds. The quantitative estimate of drug-likeness (QED) is 0.755. The third-order valence-electron chi connectivity index (χ3n) is 3.76. The van der Waals surface area contributed by atoms with Crippen molar-refractivity contribution in [3.8, 4) is 0 Å². The molecule has 5 heteroatoms. The summed E-state index contributed by atoms with van der Waals surface area (Å²) in [4.78, 5) is 24.0. The fraction of sp³-hybridized carbons (Fsp3) is 0.263. The molecule has 2 aromatic carbocycles. The zero-order valence-electron chi connectivity index (χ0n) is 14.1. The van der Waals surface area contributed by atoms with Gasteiger partial charge in [-0.15, -0.1) is 0 Å². The molecular formula is C19H22N2O3. The number of anilines is 1. The van der Waals surface area contributed by atoms with Crippen LogP contribution in [0.25, 0.3) is 0 Å². The number of aliphatic hydroxyl groups excluding tert-OH is 1. The van der Waals surface area contributed by atoms with E-state index >= 15 is 0 Å². The monoisotopic (exact) mass is 326 g/mol. The fourth-order valence-electron chi connectivity index (χ4n) is 2.61. The van der Waals surface area contributed by atoms with Gasteiger partial charge in [0.1, 0.15) is 0 Å². The molecule has 0 fully saturated rings. The minimum Gasteiger partial charge on any atom is -0.387 e. The average molecular weight is 326 g/mol. The van der Waals surface area contributed by atoms with Crippen LogP contribution in [0, 0.1) is 20.8 Å². The van der Waals surface area contributed by atoms with Crippen molar-refractivity contribution < 1.29 is 14.7 Å². The highest BCUT2D eigenvalue weighted by atomic mass is 16.3. The molecule has 2 aromatic rings. The second-order valence-corrected chi connectivity index (χ2v) is 5.86. The van der Waals surface area contributed by atoms with Gasteiger partial charge in [-0.05, 0) is 37.5 Å². The maximum atomic E-state index is 12.0. The van der Waals surface area contributed by atoms with Crippen molar-refractivity contribution in [1.29, 1.82) is 0 Å². The van der Waals surface area contributed by atoms with Gasteiger partial charge in [0.15, 0.2) is 0 Å². The molecule has 0 unspecified atom stereocenters. The normalized spacial score (nSPS) is 11.7. The van der Waals surface area contributed by atoms with Crippen molar-refractivity contribution in [2.24, 2.45) is 0 Å². The molecule has 0 saturated heterocycles. The van der Waals surface area contributed by atoms with Gasteiger partial charge in [-0.3, -0.25) is 9.59 Å². The molecule has 126 valence electrons. The number of aryl methyl sites for hydroxylation is 3. The Balaban J connectivity index is 1.95. The molecule has 2 rings (SSSR count). The molecule has 1 atom stereocenters. The first kappa shape index (κ1) is 17.7. The number of hydrogen-bond acceptors (Lipinski definition) is 3. The van der Waals surface area contributed by atoms with E-state index in [1.165, 1.54) is 0 Å². The molecule has 0 aliphatic carbocycles. The summed E-state index contributed by atoms with van der Waals surface area (Å²) in [5, 5.41) is 15.1. The summed E-state index contributed by atoms with van der Waals surface area (Å²) in [6, 6.07) is 12.9. The second-order valence-electron chi connectivity index (χ2n) is 5.86. The third kappa shape index (κ3) is 4.43. The molecule has 0 saturated carbocycles. The van der Waals surface area contributed by atoms with Crippen molar-refractivity contribution in [2.45, 2.75) is 26.9 Å². The number of benzene rings is 2. The van der Waals surface area contributed by atoms with E-state index in [-0.39, 0.29) is 6.54 Å². The fourth-order valence-corrected chi connectivity index (χ4v) is 2.61. The van der Waals surface area contributed by atoms with Crippen LogP contribution in [0.4, 0.5) is 5.69 Å². The van der Waals surface area contributed by atoms with E-state index in [4.69, 9.17) is 0 Å². The van der Waals surface area contributed by atoms with Crippen LogP contribution in [-0.2, 0) is 9.59 Å². The van der Waals surface area contributed by atoms with Gasteiger partial charge in [-0.25, -0.2) is 0 Å². The summed E-state index contributed by atoms with van der Waals surface area (Å²) in [6.45, 7) is 5.71. The maximum absolute atomic E-state index is 12.0. The summed E-state index contributed by atoms with van der Waals surface area (Å²) in [7, 11) is 0. The number of rotatable bonds is 4. The molecule has 0 bridgehead atoms. The van der Waals surface area contributed by atoms with Crippen LogP contribution < -0.4 is 10.6 Å². The minimum absolute atomic E-state index is 0.0257. The molecule has 24 heavy (non-hydrogen) atoms. The van der Waals surface area contributed by atoms with Crippen LogP contribution in [0.3, 0.4) is 0 Å². The first-order valence-electron chi connectivity index (χ1n) is 7.78. The lowest BCUT2D eigenvalue weighted by atomic mass is 10.1. The summed E-state index contributed by atoms with van der Waals surface area (Å²) < 4.78 is 0. The lowest BCUT2D eigenvalue weighted by Crippen LogP contribution is -2.37. The van der Waals surface area contributed by atoms with Crippen molar-refractivity contribution in [1.82, 2.24) is 5.32 Å². The molecule has 0 aliphatic heterocycles. The Labute approximate surface area is 141 Å². The molecule has 0 aromatic heterocycles. The third-order valence-corrected chi connectivity index (χ3v) is 3.76. The summed E-state index contributed by atoms with van der Waals surface area (Å²) >= 11 is 0. The molecule has 0 radical (unpaired) electrons. The average Bonchev–Trinajstić information content (AvgIpc) is 2.56. The standard InChI is InChI=1S/C19H22N2O3/c1-12-9-13(2)17(14(3)10-12)21-19(24)18(23)20-11-16(22)15-7-5-4-6-8-15/h4-10,16,22H,11H2,1-3H3,(H,20,23)(H,21,24)/t16-/m1/s1. The van der Waals surface area contributed by atoms with E-state index in [0.29, 0.717) is 11.3 Å². The van der Waals surface area contributed by atoms with Gasteiger partial charge < -0.3 is 15.7 Å². The Morgan fingerprint density at radius 2 is 1.58 bits per heavy atom. The van der Waals surface area contributed by atoms with Crippen LogP contribution >= 0.6 is 0 Å². The minimum atomic E-state index is -0.856. The predicted octanol–water partition coefficient (Wildman–Crippen LogP) is 2.40. The van der Waals surface area contributed by atoms with Crippen molar-refractivity contribution in [2.75, 3.05) is 11.9 Å². The first-order chi connectivity index (χ1) is 11.4. The number of nitrogens with one attached hydrogen (secondary N) is 2. The van der Waals surface area contributed by atoms with E-state index < -0.39 is 17.9 Å². The highest BCUT2D eigenvalue weighted by Gasteiger charge is 2.17. The number of hydrogen-bond donors (Lipinski definition) is 3. The lowest BCUT2D eigenvalue weighted by Gasteiger charge is -2.14. The summed E-state index contributed by atoms with van der Waals surface area (Å²) in [5.74, 6) is -1.52. The highest BCUT2D eigenvalue weighted by Crippen LogP contribution is 2.21. The van der Waals surface area contributed by atoms with Gasteiger partial charge >= 0.3 is 11.8 Å². The molecule has 5 nitrogen and oxygen atoms in total. The van der Waals surface area contributed by atoms with Gasteiger partial charge in [0.2, 0.25) is 0 Å². The Morgan fingerprint density at radius 3 is 2.17 bits per heavy atom. The van der Waals surface area contributed by atoms with E-state index in [0.717, 1.165) is 16.7 Å². The van der Waals surface area contributed by atoms with Crippen LogP contribution in [0.2, 0.25) is 0 Å². The van der Waals surface area contributed by atoms with E-state index in [2.05, 4.69) is 10.6 Å². The zero-order chi connectivity index (χ0) is 17.7. The van der Waals surface area contributed by atoms with Crippen molar-refractivity contribution >= 4 is 17.5 Å². The summed E-state index contributed by atoms with van der Waals surface area (Å²) in [5.41, 5.74) is 4.22. The smallest absolute Gasteiger partial charge is 0.313 e. The van der Waals surface area contributed by atoms with E-state index in [9.17, 15) is 14.7 Å². The van der Waals surface area contributed by atoms with E-state index in [1.807, 2.05) is 39.0 Å². The second kappa shape index (κ2) is 7.75. The Morgan fingerprint density at radius 1 is 1.00 bits per heavy atom. The van der Waals surface area contributed by atoms with Gasteiger partial charge in [-0.2, -0.15) is 0 Å². The SMILES string of the molecule is Cc1cc(C)c(NC(=O)C(=O)NC[C@@H](O)c2ccccc2)c(C)c1. The first-order valence-corrected chi connectivity index (χ1v) is 7.78. The van der Waals surface area contributed by atoms with Crippen LogP contribution in [0.5, 0.6) is 0 Å². The molecular weight excluding hydrogens is 304 g/mol. The molecule has 0 spiro atoms. The van der Waals surface area contributed by atoms with Gasteiger partial charge in [0.25, 0.3) is 0 Å². The zero-order valence-corrected chi connectivity index (χ0v) is 14.1. The number of carbonyl (C=O) groups excluding carboxylic acids is 2. The maximum Gasteiger partial charge on any atom is 0.313 e. The Bertz CT molecular complexity index is 719. The number of aliphatic hydroxyl groups is 1. The van der Waals surface area contributed by atoms with Crippen molar-refractivity contribution in [3.63, 3.8) is 0 Å². The van der Waals surface area contributed by atoms with Crippen molar-refractivity contribution in [3.05, 3.63) is 64.7 Å². The highest BCUT2D eigenvalue weighted by molar-refractivity contribution is 6.39. The van der Waals surface area contributed by atoms with Gasteiger partial charge in [-0.1, -0.05) is 48.0 Å². The lowest BCUT2D eigenvalue weighted by molar-refractivity contribution is -0.136. The topological polar surface area (TPSA) is 78.4 Å². The molecule has 0 aliphatic rings. The van der Waals surface area contributed by atoms with Gasteiger partial charge in [0, 0.05) is 12.2 Å². The number of carbonyl (C=O) groups is 2. The molecule has 3 N–H and O–H groups in total. The largest absolute Gasteiger partial charge is 0.387 e. The predicted molar refractivity (Wildman–Crippen MR) is 93.7 cm³/mol. The van der Waals surface area contributed by atoms with E-state index in [1.54, 1.807) is 24.3 Å². The van der Waals surface area contributed by atoms with Gasteiger partial charge in [0.05, 0.1) is 6.10 Å². The number of amides is 2. The van der Waals surface area contributed by atoms with Crippen LogP contribution in [0.15, 0.2) is 42.5 Å². The Kier molecular flexibility index (Phi) is 5.71. The van der Waals surface area contributed by atoms with Crippen LogP contribution in [0.1, 0.15) is 28.4 Å².